The van der Waals surface area contributed by atoms with Crippen LogP contribution in [0.2, 0.25) is 0 Å². The van der Waals surface area contributed by atoms with Crippen LogP contribution in [0, 0.1) is 10.1 Å². The molecule has 0 saturated carbocycles. The van der Waals surface area contributed by atoms with E-state index in [0.717, 1.165) is 0 Å². The van der Waals surface area contributed by atoms with Crippen LogP contribution in [0.5, 0.6) is 0 Å². The molecule has 0 aliphatic heterocycles. The topological polar surface area (TPSA) is 119 Å². The Bertz CT molecular complexity index is 868. The van der Waals surface area contributed by atoms with Gasteiger partial charge in [0, 0.05) is 36.5 Å². The molecule has 2 rings (SSSR count). The molecule has 0 bridgehead atoms. The van der Waals surface area contributed by atoms with E-state index < -0.39 is 23.4 Å². The molecule has 0 unspecified atom stereocenters. The van der Waals surface area contributed by atoms with E-state index in [9.17, 15) is 24.5 Å². The summed E-state index contributed by atoms with van der Waals surface area (Å²) in [5, 5.41) is 13.1. The lowest BCUT2D eigenvalue weighted by Gasteiger charge is -2.20. The summed E-state index contributed by atoms with van der Waals surface area (Å²) >= 11 is 0. The van der Waals surface area contributed by atoms with Gasteiger partial charge in [-0.25, -0.2) is 0 Å². The number of ether oxygens (including phenoxy) is 1. The summed E-state index contributed by atoms with van der Waals surface area (Å²) in [5.74, 6) is -1.43. The summed E-state index contributed by atoms with van der Waals surface area (Å²) in [6, 6.07) is 14.1. The number of carbonyl (C=O) groups excluding carboxylic acids is 3. The Morgan fingerprint density at radius 1 is 1.07 bits per heavy atom. The van der Waals surface area contributed by atoms with Crippen molar-refractivity contribution in [3.8, 4) is 0 Å². The number of carbonyl (C=O) groups is 3. The number of hydrogen-bond acceptors (Lipinski definition) is 6. The molecule has 0 heterocycles. The average molecular weight is 399 g/mol. The quantitative estimate of drug-likeness (QED) is 0.393. The zero-order valence-electron chi connectivity index (χ0n) is 15.9. The van der Waals surface area contributed by atoms with Gasteiger partial charge in [0.05, 0.1) is 11.3 Å². The Labute approximate surface area is 167 Å². The van der Waals surface area contributed by atoms with Gasteiger partial charge in [-0.2, -0.15) is 0 Å². The SMILES string of the molecule is CCN(C(=O)COC(=O)CCNC(=O)c1ccc([N+](=O)[O-])cc1)c1ccccc1. The Morgan fingerprint density at radius 3 is 2.31 bits per heavy atom. The first-order chi connectivity index (χ1) is 13.9. The Kier molecular flexibility index (Phi) is 7.84. The third-order valence-electron chi connectivity index (χ3n) is 4.00. The first-order valence-electron chi connectivity index (χ1n) is 8.96. The van der Waals surface area contributed by atoms with E-state index in [1.165, 1.54) is 29.2 Å². The van der Waals surface area contributed by atoms with E-state index in [0.29, 0.717) is 12.2 Å². The zero-order chi connectivity index (χ0) is 21.2. The predicted octanol–water partition coefficient (Wildman–Crippen LogP) is 2.31. The standard InChI is InChI=1S/C20H21N3O6/c1-2-22(16-6-4-3-5-7-16)18(24)14-29-19(25)12-13-21-20(26)15-8-10-17(11-9-15)23(27)28/h3-11H,2,12-14H2,1H3,(H,21,26). The number of likely N-dealkylation sites (N-methyl/N-ethyl adjacent to an activating group) is 1. The van der Waals surface area contributed by atoms with Gasteiger partial charge in [-0.1, -0.05) is 18.2 Å². The highest BCUT2D eigenvalue weighted by Gasteiger charge is 2.16. The average Bonchev–Trinajstić information content (AvgIpc) is 2.73. The number of non-ortho nitro benzene ring substituents is 1. The highest BCUT2D eigenvalue weighted by molar-refractivity contribution is 5.95. The van der Waals surface area contributed by atoms with Gasteiger partial charge in [0.2, 0.25) is 0 Å². The molecule has 9 nitrogen and oxygen atoms in total. The van der Waals surface area contributed by atoms with Crippen LogP contribution >= 0.6 is 0 Å². The van der Waals surface area contributed by atoms with E-state index in [2.05, 4.69) is 5.32 Å². The summed E-state index contributed by atoms with van der Waals surface area (Å²) in [6.45, 7) is 1.88. The minimum absolute atomic E-state index is 0.0129. The van der Waals surface area contributed by atoms with Crippen LogP contribution in [-0.4, -0.2) is 42.4 Å². The molecule has 9 heteroatoms. The van der Waals surface area contributed by atoms with Crippen LogP contribution < -0.4 is 10.2 Å². The van der Waals surface area contributed by atoms with E-state index in [4.69, 9.17) is 4.74 Å². The molecule has 2 aromatic rings. The maximum Gasteiger partial charge on any atom is 0.308 e. The van der Waals surface area contributed by atoms with Crippen LogP contribution in [0.4, 0.5) is 11.4 Å². The molecule has 29 heavy (non-hydrogen) atoms. The summed E-state index contributed by atoms with van der Waals surface area (Å²) in [4.78, 5) is 47.6. The van der Waals surface area contributed by atoms with Gasteiger partial charge in [-0.05, 0) is 31.2 Å². The second kappa shape index (κ2) is 10.5. The van der Waals surface area contributed by atoms with Crippen molar-refractivity contribution in [3.05, 3.63) is 70.3 Å². The van der Waals surface area contributed by atoms with Gasteiger partial charge in [-0.3, -0.25) is 24.5 Å². The molecule has 0 radical (unpaired) electrons. The Morgan fingerprint density at radius 2 is 1.72 bits per heavy atom. The second-order valence-electron chi connectivity index (χ2n) is 5.94. The van der Waals surface area contributed by atoms with E-state index in [1.54, 1.807) is 12.1 Å². The first kappa shape index (κ1) is 21.5. The largest absolute Gasteiger partial charge is 0.455 e. The highest BCUT2D eigenvalue weighted by atomic mass is 16.6. The molecular weight excluding hydrogens is 378 g/mol. The van der Waals surface area contributed by atoms with Crippen molar-refractivity contribution in [2.45, 2.75) is 13.3 Å². The van der Waals surface area contributed by atoms with Gasteiger partial charge in [0.1, 0.15) is 0 Å². The van der Waals surface area contributed by atoms with Crippen molar-refractivity contribution >= 4 is 29.2 Å². The first-order valence-corrected chi connectivity index (χ1v) is 8.96. The number of amides is 2. The number of anilines is 1. The van der Waals surface area contributed by atoms with E-state index in [-0.39, 0.29) is 30.1 Å². The predicted molar refractivity (Wildman–Crippen MR) is 105 cm³/mol. The fourth-order valence-electron chi connectivity index (χ4n) is 2.52. The van der Waals surface area contributed by atoms with Crippen molar-refractivity contribution in [2.24, 2.45) is 0 Å². The number of hydrogen-bond donors (Lipinski definition) is 1. The van der Waals surface area contributed by atoms with Crippen molar-refractivity contribution in [1.82, 2.24) is 5.32 Å². The minimum atomic E-state index is -0.619. The van der Waals surface area contributed by atoms with Crippen molar-refractivity contribution in [3.63, 3.8) is 0 Å². The number of benzene rings is 2. The van der Waals surface area contributed by atoms with E-state index in [1.807, 2.05) is 25.1 Å². The molecule has 152 valence electrons. The van der Waals surface area contributed by atoms with Crippen molar-refractivity contribution in [2.75, 3.05) is 24.6 Å². The fourth-order valence-corrected chi connectivity index (χ4v) is 2.52. The lowest BCUT2D eigenvalue weighted by atomic mass is 10.2. The monoisotopic (exact) mass is 399 g/mol. The second-order valence-corrected chi connectivity index (χ2v) is 5.94. The highest BCUT2D eigenvalue weighted by Crippen LogP contribution is 2.13. The number of esters is 1. The third kappa shape index (κ3) is 6.42. The lowest BCUT2D eigenvalue weighted by Crippen LogP contribution is -2.35. The van der Waals surface area contributed by atoms with E-state index >= 15 is 0 Å². The Hall–Kier alpha value is -3.75. The number of nitrogens with zero attached hydrogens (tertiary/aromatic N) is 2. The van der Waals surface area contributed by atoms with Gasteiger partial charge >= 0.3 is 5.97 Å². The summed E-state index contributed by atoms with van der Waals surface area (Å²) < 4.78 is 4.98. The summed E-state index contributed by atoms with van der Waals surface area (Å²) in [5.41, 5.74) is 0.832. The maximum atomic E-state index is 12.3. The van der Waals surface area contributed by atoms with Crippen LogP contribution in [0.15, 0.2) is 54.6 Å². The maximum absolute atomic E-state index is 12.3. The van der Waals surface area contributed by atoms with Crippen molar-refractivity contribution in [1.29, 1.82) is 0 Å². The molecule has 2 aromatic carbocycles. The van der Waals surface area contributed by atoms with Gasteiger partial charge in [0.25, 0.3) is 17.5 Å². The van der Waals surface area contributed by atoms with Gasteiger partial charge in [-0.15, -0.1) is 0 Å². The molecule has 0 atom stereocenters. The lowest BCUT2D eigenvalue weighted by molar-refractivity contribution is -0.384. The molecular formula is C20H21N3O6. The van der Waals surface area contributed by atoms with Crippen LogP contribution in [0.1, 0.15) is 23.7 Å². The molecule has 0 spiro atoms. The normalized spacial score (nSPS) is 10.1. The Balaban J connectivity index is 1.74. The summed E-state index contributed by atoms with van der Waals surface area (Å²) in [6.07, 6.45) is -0.108. The van der Waals surface area contributed by atoms with Crippen LogP contribution in [-0.2, 0) is 14.3 Å². The third-order valence-corrected chi connectivity index (χ3v) is 4.00. The number of nitro groups is 1. The molecule has 2 amide bonds. The minimum Gasteiger partial charge on any atom is -0.455 e. The number of nitro benzene ring substituents is 1. The van der Waals surface area contributed by atoms with Crippen molar-refractivity contribution < 1.29 is 24.0 Å². The van der Waals surface area contributed by atoms with Gasteiger partial charge in [0.15, 0.2) is 6.61 Å². The molecule has 1 N–H and O–H groups in total. The van der Waals surface area contributed by atoms with Crippen LogP contribution in [0.3, 0.4) is 0 Å². The molecule has 0 saturated heterocycles. The molecule has 0 fully saturated rings. The number of nitrogens with one attached hydrogen (secondary N) is 1. The fraction of sp³-hybridized carbons (Fsp3) is 0.250. The number of para-hydroxylation sites is 1. The zero-order valence-corrected chi connectivity index (χ0v) is 15.9. The number of rotatable bonds is 9. The van der Waals surface area contributed by atoms with Gasteiger partial charge < -0.3 is 15.0 Å². The molecule has 0 aromatic heterocycles. The van der Waals surface area contributed by atoms with Crippen LogP contribution in [0.25, 0.3) is 0 Å². The summed E-state index contributed by atoms with van der Waals surface area (Å²) in [7, 11) is 0. The molecule has 0 aliphatic rings. The molecule has 0 aliphatic carbocycles. The smallest absolute Gasteiger partial charge is 0.308 e.